The third-order valence-corrected chi connectivity index (χ3v) is 4.67. The third kappa shape index (κ3) is 8.92. The highest BCUT2D eigenvalue weighted by molar-refractivity contribution is 14.0. The maximum atomic E-state index is 11.8. The lowest BCUT2D eigenvalue weighted by Gasteiger charge is -2.14. The minimum absolute atomic E-state index is 0. The summed E-state index contributed by atoms with van der Waals surface area (Å²) in [6, 6.07) is 12.2. The summed E-state index contributed by atoms with van der Waals surface area (Å²) in [5.74, 6) is 1.49. The van der Waals surface area contributed by atoms with Gasteiger partial charge in [-0.2, -0.15) is 0 Å². The highest BCUT2D eigenvalue weighted by atomic mass is 127. The van der Waals surface area contributed by atoms with E-state index in [1.807, 2.05) is 30.5 Å². The van der Waals surface area contributed by atoms with E-state index >= 15 is 0 Å². The van der Waals surface area contributed by atoms with Gasteiger partial charge in [-0.3, -0.25) is 4.79 Å². The second-order valence-corrected chi connectivity index (χ2v) is 7.18. The standard InChI is InChI=1S/C20H28N4O2S.HI/c1-4-26-17-8-5-7-16(13-17)10-11-21-20(23-15-19(25)24(2)3)22-14-18-9-6-12-27-18;/h5-9,12-13H,4,10-11,14-15H2,1-3H3,(H2,21,22,23);1H. The molecule has 1 heterocycles. The Morgan fingerprint density at radius 3 is 2.71 bits per heavy atom. The molecule has 1 aromatic heterocycles. The first-order chi connectivity index (χ1) is 13.1. The van der Waals surface area contributed by atoms with Crippen LogP contribution in [0.5, 0.6) is 5.75 Å². The molecule has 8 heteroatoms. The lowest BCUT2D eigenvalue weighted by molar-refractivity contribution is -0.127. The third-order valence-electron chi connectivity index (χ3n) is 3.80. The molecule has 0 saturated carbocycles. The second-order valence-electron chi connectivity index (χ2n) is 6.14. The largest absolute Gasteiger partial charge is 0.494 e. The quantitative estimate of drug-likeness (QED) is 0.306. The number of aliphatic imine (C=N–C) groups is 1. The van der Waals surface area contributed by atoms with Gasteiger partial charge in [-0.25, -0.2) is 4.99 Å². The van der Waals surface area contributed by atoms with Crippen LogP contribution in [0.4, 0.5) is 0 Å². The van der Waals surface area contributed by atoms with Crippen molar-refractivity contribution in [1.29, 1.82) is 0 Å². The van der Waals surface area contributed by atoms with E-state index in [1.54, 1.807) is 30.3 Å². The number of thiophene rings is 1. The Morgan fingerprint density at radius 2 is 2.04 bits per heavy atom. The number of hydrogen-bond donors (Lipinski definition) is 2. The molecular weight excluding hydrogens is 487 g/mol. The summed E-state index contributed by atoms with van der Waals surface area (Å²) < 4.78 is 5.54. The zero-order valence-corrected chi connectivity index (χ0v) is 19.8. The molecule has 0 saturated heterocycles. The lowest BCUT2D eigenvalue weighted by Crippen LogP contribution is -2.39. The van der Waals surface area contributed by atoms with Crippen LogP contribution in [0.2, 0.25) is 0 Å². The predicted molar refractivity (Wildman–Crippen MR) is 127 cm³/mol. The summed E-state index contributed by atoms with van der Waals surface area (Å²) in [6.07, 6.45) is 0.836. The van der Waals surface area contributed by atoms with Crippen molar-refractivity contribution in [1.82, 2.24) is 15.5 Å². The SMILES string of the molecule is CCOc1cccc(CCNC(=NCC(=O)N(C)C)NCc2cccs2)c1.I. The van der Waals surface area contributed by atoms with E-state index < -0.39 is 0 Å². The van der Waals surface area contributed by atoms with Crippen molar-refractivity contribution in [3.63, 3.8) is 0 Å². The molecule has 1 aromatic carbocycles. The van der Waals surface area contributed by atoms with E-state index in [2.05, 4.69) is 33.8 Å². The number of carbonyl (C=O) groups is 1. The number of rotatable bonds is 9. The monoisotopic (exact) mass is 516 g/mol. The van der Waals surface area contributed by atoms with Crippen molar-refractivity contribution in [3.05, 3.63) is 52.2 Å². The molecule has 1 amide bonds. The Balaban J connectivity index is 0.00000392. The van der Waals surface area contributed by atoms with Gasteiger partial charge < -0.3 is 20.3 Å². The molecule has 0 aliphatic rings. The zero-order valence-electron chi connectivity index (χ0n) is 16.6. The van der Waals surface area contributed by atoms with Crippen molar-refractivity contribution in [3.8, 4) is 5.75 Å². The predicted octanol–water partition coefficient (Wildman–Crippen LogP) is 3.13. The molecule has 0 fully saturated rings. The second kappa shape index (κ2) is 13.4. The molecule has 0 aliphatic heterocycles. The van der Waals surface area contributed by atoms with Crippen molar-refractivity contribution in [2.24, 2.45) is 4.99 Å². The first-order valence-corrected chi connectivity index (χ1v) is 9.93. The maximum absolute atomic E-state index is 11.8. The van der Waals surface area contributed by atoms with Gasteiger partial charge in [-0.1, -0.05) is 18.2 Å². The number of benzene rings is 1. The number of carbonyl (C=O) groups excluding carboxylic acids is 1. The molecule has 0 spiro atoms. The normalized spacial score (nSPS) is 10.8. The van der Waals surface area contributed by atoms with Gasteiger partial charge in [0.2, 0.25) is 5.91 Å². The van der Waals surface area contributed by atoms with Crippen LogP contribution in [0.1, 0.15) is 17.4 Å². The highest BCUT2D eigenvalue weighted by Gasteiger charge is 2.05. The van der Waals surface area contributed by atoms with Crippen molar-refractivity contribution in [2.45, 2.75) is 19.9 Å². The maximum Gasteiger partial charge on any atom is 0.243 e. The minimum atomic E-state index is -0.0309. The van der Waals surface area contributed by atoms with E-state index in [0.29, 0.717) is 25.7 Å². The van der Waals surface area contributed by atoms with Gasteiger partial charge in [0.1, 0.15) is 12.3 Å². The van der Waals surface area contributed by atoms with E-state index in [0.717, 1.165) is 12.2 Å². The molecule has 0 aliphatic carbocycles. The molecule has 2 aromatic rings. The average Bonchev–Trinajstić information content (AvgIpc) is 3.17. The average molecular weight is 516 g/mol. The van der Waals surface area contributed by atoms with Gasteiger partial charge in [0.25, 0.3) is 0 Å². The smallest absolute Gasteiger partial charge is 0.243 e. The van der Waals surface area contributed by atoms with Crippen molar-refractivity contribution < 1.29 is 9.53 Å². The summed E-state index contributed by atoms with van der Waals surface area (Å²) in [5, 5.41) is 8.64. The van der Waals surface area contributed by atoms with Crippen LogP contribution in [-0.2, 0) is 17.8 Å². The van der Waals surface area contributed by atoms with Gasteiger partial charge in [-0.05, 0) is 42.5 Å². The molecule has 0 bridgehead atoms. The van der Waals surface area contributed by atoms with Crippen LogP contribution in [-0.4, -0.2) is 50.6 Å². The molecule has 154 valence electrons. The number of guanidine groups is 1. The number of hydrogen-bond acceptors (Lipinski definition) is 4. The molecule has 0 unspecified atom stereocenters. The molecule has 0 atom stereocenters. The summed E-state index contributed by atoms with van der Waals surface area (Å²) in [4.78, 5) is 19.0. The first kappa shape index (κ1) is 24.2. The first-order valence-electron chi connectivity index (χ1n) is 9.05. The number of amides is 1. The van der Waals surface area contributed by atoms with Gasteiger partial charge in [0.15, 0.2) is 5.96 Å². The minimum Gasteiger partial charge on any atom is -0.494 e. The Hall–Kier alpha value is -1.81. The Labute approximate surface area is 188 Å². The Kier molecular flexibility index (Phi) is 11.6. The summed E-state index contributed by atoms with van der Waals surface area (Å²) in [6.45, 7) is 4.14. The lowest BCUT2D eigenvalue weighted by atomic mass is 10.1. The Bertz CT molecular complexity index is 736. The molecule has 28 heavy (non-hydrogen) atoms. The number of halogens is 1. The molecule has 2 N–H and O–H groups in total. The van der Waals surface area contributed by atoms with Crippen LogP contribution in [0.3, 0.4) is 0 Å². The zero-order chi connectivity index (χ0) is 19.5. The van der Waals surface area contributed by atoms with Gasteiger partial charge in [0.05, 0.1) is 13.2 Å². The fraction of sp³-hybridized carbons (Fsp3) is 0.400. The number of likely N-dealkylation sites (N-methyl/N-ethyl adjacent to an activating group) is 1. The van der Waals surface area contributed by atoms with Crippen LogP contribution in [0, 0.1) is 0 Å². The van der Waals surface area contributed by atoms with Crippen LogP contribution >= 0.6 is 35.3 Å². The van der Waals surface area contributed by atoms with E-state index in [-0.39, 0.29) is 36.4 Å². The van der Waals surface area contributed by atoms with Crippen molar-refractivity contribution in [2.75, 3.05) is 33.8 Å². The van der Waals surface area contributed by atoms with Gasteiger partial charge in [0, 0.05) is 25.5 Å². The number of nitrogens with zero attached hydrogens (tertiary/aromatic N) is 2. The summed E-state index contributed by atoms with van der Waals surface area (Å²) >= 11 is 1.69. The molecule has 2 rings (SSSR count). The highest BCUT2D eigenvalue weighted by Crippen LogP contribution is 2.13. The summed E-state index contributed by atoms with van der Waals surface area (Å²) in [7, 11) is 3.46. The topological polar surface area (TPSA) is 66.0 Å². The molecular formula is C20H29IN4O2S. The van der Waals surface area contributed by atoms with Crippen molar-refractivity contribution >= 4 is 47.2 Å². The van der Waals surface area contributed by atoms with Gasteiger partial charge >= 0.3 is 0 Å². The summed E-state index contributed by atoms with van der Waals surface area (Å²) in [5.41, 5.74) is 1.19. The van der Waals surface area contributed by atoms with E-state index in [1.165, 1.54) is 10.4 Å². The van der Waals surface area contributed by atoms with E-state index in [4.69, 9.17) is 4.74 Å². The van der Waals surface area contributed by atoms with Crippen LogP contribution in [0.15, 0.2) is 46.8 Å². The number of nitrogens with one attached hydrogen (secondary N) is 2. The van der Waals surface area contributed by atoms with Crippen LogP contribution in [0.25, 0.3) is 0 Å². The molecule has 6 nitrogen and oxygen atoms in total. The Morgan fingerprint density at radius 1 is 1.21 bits per heavy atom. The fourth-order valence-electron chi connectivity index (χ4n) is 2.33. The molecule has 0 radical (unpaired) electrons. The van der Waals surface area contributed by atoms with Crippen LogP contribution < -0.4 is 15.4 Å². The fourth-order valence-corrected chi connectivity index (χ4v) is 2.97. The van der Waals surface area contributed by atoms with E-state index in [9.17, 15) is 4.79 Å². The number of ether oxygens (including phenoxy) is 1. The van der Waals surface area contributed by atoms with Gasteiger partial charge in [-0.15, -0.1) is 35.3 Å².